The molecule has 1 aliphatic heterocycles. The van der Waals surface area contributed by atoms with Crippen molar-refractivity contribution in [2.75, 3.05) is 6.54 Å². The zero-order valence-corrected chi connectivity index (χ0v) is 19.7. The fourth-order valence-electron chi connectivity index (χ4n) is 4.83. The molecule has 0 saturated carbocycles. The summed E-state index contributed by atoms with van der Waals surface area (Å²) in [5.41, 5.74) is 2.93. The van der Waals surface area contributed by atoms with Crippen LogP contribution in [0.3, 0.4) is 0 Å². The van der Waals surface area contributed by atoms with Crippen molar-refractivity contribution in [3.05, 3.63) is 91.0 Å². The second kappa shape index (κ2) is 8.35. The molecule has 4 heterocycles. The van der Waals surface area contributed by atoms with Gasteiger partial charge in [-0.25, -0.2) is 22.4 Å². The third-order valence-corrected chi connectivity index (χ3v) is 8.30. The van der Waals surface area contributed by atoms with Gasteiger partial charge in [-0.15, -0.1) is 0 Å². The number of benzene rings is 2. The molecular formula is C26H23N5O3S. The molecule has 1 amide bonds. The maximum atomic E-state index is 13.2. The Morgan fingerprint density at radius 1 is 0.943 bits per heavy atom. The first-order chi connectivity index (χ1) is 17.0. The minimum absolute atomic E-state index is 0.0563. The summed E-state index contributed by atoms with van der Waals surface area (Å²) in [6.45, 7) is 1.25. The van der Waals surface area contributed by atoms with Crippen LogP contribution in [0.15, 0.2) is 90.3 Å². The van der Waals surface area contributed by atoms with Crippen molar-refractivity contribution in [2.45, 2.75) is 30.3 Å². The quantitative estimate of drug-likeness (QED) is 0.376. The molecule has 0 N–H and O–H groups in total. The van der Waals surface area contributed by atoms with E-state index in [0.29, 0.717) is 36.1 Å². The van der Waals surface area contributed by atoms with Gasteiger partial charge in [-0.1, -0.05) is 48.5 Å². The number of imidazole rings is 1. The summed E-state index contributed by atoms with van der Waals surface area (Å²) in [6.07, 6.45) is 6.02. The number of fused-ring (bicyclic) bond motifs is 3. The highest BCUT2D eigenvalue weighted by Gasteiger charge is 2.29. The van der Waals surface area contributed by atoms with Crippen LogP contribution in [0.5, 0.6) is 0 Å². The minimum Gasteiger partial charge on any atom is -0.338 e. The van der Waals surface area contributed by atoms with Gasteiger partial charge < -0.3 is 9.47 Å². The van der Waals surface area contributed by atoms with Gasteiger partial charge >= 0.3 is 0 Å². The van der Waals surface area contributed by atoms with E-state index in [4.69, 9.17) is 0 Å². The monoisotopic (exact) mass is 485 g/mol. The van der Waals surface area contributed by atoms with Gasteiger partial charge in [0.25, 0.3) is 10.0 Å². The highest BCUT2D eigenvalue weighted by Crippen LogP contribution is 2.32. The van der Waals surface area contributed by atoms with Crippen LogP contribution in [-0.2, 0) is 21.4 Å². The van der Waals surface area contributed by atoms with Crippen molar-refractivity contribution in [1.29, 1.82) is 0 Å². The maximum Gasteiger partial charge on any atom is 0.269 e. The molecule has 1 aliphatic rings. The Kier molecular flexibility index (Phi) is 5.14. The Balaban J connectivity index is 1.34. The first kappa shape index (κ1) is 21.5. The van der Waals surface area contributed by atoms with Crippen LogP contribution in [0.4, 0.5) is 0 Å². The second-order valence-corrected chi connectivity index (χ2v) is 10.6. The van der Waals surface area contributed by atoms with Crippen molar-refractivity contribution < 1.29 is 13.2 Å². The number of nitrogens with zero attached hydrogens (tertiary/aromatic N) is 5. The number of hydrogen-bond donors (Lipinski definition) is 0. The molecule has 0 aliphatic carbocycles. The predicted molar refractivity (Wildman–Crippen MR) is 132 cm³/mol. The number of piperidine rings is 1. The maximum absolute atomic E-state index is 13.2. The van der Waals surface area contributed by atoms with Gasteiger partial charge in [0.05, 0.1) is 22.9 Å². The van der Waals surface area contributed by atoms with Crippen LogP contribution in [0.25, 0.3) is 22.1 Å². The fourth-order valence-corrected chi connectivity index (χ4v) is 6.16. The van der Waals surface area contributed by atoms with Gasteiger partial charge in [0.1, 0.15) is 5.52 Å². The van der Waals surface area contributed by atoms with E-state index < -0.39 is 10.0 Å². The van der Waals surface area contributed by atoms with E-state index in [9.17, 15) is 13.2 Å². The van der Waals surface area contributed by atoms with Gasteiger partial charge in [-0.05, 0) is 30.2 Å². The summed E-state index contributed by atoms with van der Waals surface area (Å²) in [4.78, 5) is 24.0. The molecule has 8 nitrogen and oxygen atoms in total. The van der Waals surface area contributed by atoms with Gasteiger partial charge in [0.15, 0.2) is 5.65 Å². The van der Waals surface area contributed by atoms with E-state index in [0.717, 1.165) is 17.5 Å². The number of amides is 1. The molecule has 1 unspecified atom stereocenters. The number of pyridine rings is 1. The van der Waals surface area contributed by atoms with E-state index >= 15 is 0 Å². The van der Waals surface area contributed by atoms with Crippen LogP contribution in [-0.4, -0.2) is 44.3 Å². The molecule has 0 spiro atoms. The molecular weight excluding hydrogens is 462 g/mol. The number of rotatable bonds is 5. The van der Waals surface area contributed by atoms with Crippen molar-refractivity contribution in [1.82, 2.24) is 23.4 Å². The molecule has 2 aromatic carbocycles. The molecule has 9 heteroatoms. The molecule has 1 fully saturated rings. The Hall–Kier alpha value is -3.98. The Labute approximate surface area is 202 Å². The molecule has 6 rings (SSSR count). The van der Waals surface area contributed by atoms with Crippen LogP contribution >= 0.6 is 0 Å². The van der Waals surface area contributed by atoms with Crippen molar-refractivity contribution in [3.8, 4) is 0 Å². The molecule has 0 bridgehead atoms. The largest absolute Gasteiger partial charge is 0.338 e. The first-order valence-electron chi connectivity index (χ1n) is 11.5. The zero-order valence-electron chi connectivity index (χ0n) is 18.9. The Morgan fingerprint density at radius 3 is 2.43 bits per heavy atom. The van der Waals surface area contributed by atoms with E-state index in [1.165, 1.54) is 10.2 Å². The summed E-state index contributed by atoms with van der Waals surface area (Å²) >= 11 is 0. The lowest BCUT2D eigenvalue weighted by Crippen LogP contribution is -2.38. The zero-order chi connectivity index (χ0) is 24.0. The van der Waals surface area contributed by atoms with Crippen LogP contribution in [0, 0.1) is 0 Å². The molecule has 176 valence electrons. The van der Waals surface area contributed by atoms with E-state index in [1.54, 1.807) is 48.9 Å². The van der Waals surface area contributed by atoms with E-state index in [2.05, 4.69) is 9.97 Å². The molecule has 1 saturated heterocycles. The second-order valence-electron chi connectivity index (χ2n) is 8.76. The Morgan fingerprint density at radius 2 is 1.69 bits per heavy atom. The molecule has 3 aromatic heterocycles. The summed E-state index contributed by atoms with van der Waals surface area (Å²) in [6, 6.07) is 20.0. The van der Waals surface area contributed by atoms with Crippen LogP contribution < -0.4 is 0 Å². The molecule has 0 radical (unpaired) electrons. The van der Waals surface area contributed by atoms with Crippen LogP contribution in [0.1, 0.15) is 24.4 Å². The van der Waals surface area contributed by atoms with Crippen molar-refractivity contribution >= 4 is 38.0 Å². The number of aromatic nitrogens is 4. The molecule has 35 heavy (non-hydrogen) atoms. The number of carbonyl (C=O) groups is 1. The number of hydrogen-bond acceptors (Lipinski definition) is 5. The smallest absolute Gasteiger partial charge is 0.269 e. The van der Waals surface area contributed by atoms with E-state index in [1.807, 2.05) is 39.8 Å². The normalized spacial score (nSPS) is 16.9. The summed E-state index contributed by atoms with van der Waals surface area (Å²) in [7, 11) is -3.79. The third-order valence-electron chi connectivity index (χ3n) is 6.62. The van der Waals surface area contributed by atoms with E-state index in [-0.39, 0.29) is 16.8 Å². The lowest BCUT2D eigenvalue weighted by molar-refractivity contribution is -0.135. The van der Waals surface area contributed by atoms with Gasteiger partial charge in [0, 0.05) is 37.1 Å². The Bertz CT molecular complexity index is 1640. The highest BCUT2D eigenvalue weighted by molar-refractivity contribution is 7.90. The standard InChI is InChI=1S/C26H23N5O3S/c32-24-15-20(11-13-29(24)17-19-7-3-1-4-8-19)30-18-28-23-16-27-26-22(25(23)30)12-14-31(26)35(33,34)21-9-5-2-6-10-21/h1-10,12,14,16,18,20H,11,13,15,17H2. The van der Waals surface area contributed by atoms with Gasteiger partial charge in [-0.3, -0.25) is 4.79 Å². The summed E-state index contributed by atoms with van der Waals surface area (Å²) in [5, 5.41) is 0.693. The van der Waals surface area contributed by atoms with Crippen molar-refractivity contribution in [2.24, 2.45) is 0 Å². The predicted octanol–water partition coefficient (Wildman–Crippen LogP) is 3.99. The topological polar surface area (TPSA) is 90.1 Å². The van der Waals surface area contributed by atoms with Crippen molar-refractivity contribution in [3.63, 3.8) is 0 Å². The summed E-state index contributed by atoms with van der Waals surface area (Å²) in [5.74, 6) is 0.0986. The molecule has 1 atom stereocenters. The fraction of sp³-hybridized carbons (Fsp3) is 0.192. The number of carbonyl (C=O) groups excluding carboxylic acids is 1. The third kappa shape index (κ3) is 3.68. The lowest BCUT2D eigenvalue weighted by Gasteiger charge is -2.32. The SMILES string of the molecule is O=C1CC(n2cnc3cnc4c(ccn4S(=O)(=O)c4ccccc4)c32)CCN1Cc1ccccc1. The first-order valence-corrected chi connectivity index (χ1v) is 12.9. The van der Waals surface area contributed by atoms with Gasteiger partial charge in [0.2, 0.25) is 5.91 Å². The highest BCUT2D eigenvalue weighted by atomic mass is 32.2. The number of likely N-dealkylation sites (tertiary alicyclic amines) is 1. The van der Waals surface area contributed by atoms with Crippen LogP contribution in [0.2, 0.25) is 0 Å². The van der Waals surface area contributed by atoms with Gasteiger partial charge in [-0.2, -0.15) is 0 Å². The summed E-state index contributed by atoms with van der Waals surface area (Å²) < 4.78 is 29.7. The molecule has 5 aromatic rings. The average Bonchev–Trinajstić information content (AvgIpc) is 3.51. The average molecular weight is 486 g/mol. The minimum atomic E-state index is -3.79. The lowest BCUT2D eigenvalue weighted by atomic mass is 10.0.